The van der Waals surface area contributed by atoms with Crippen LogP contribution in [0.3, 0.4) is 0 Å². The Labute approximate surface area is 106 Å². The van der Waals surface area contributed by atoms with Gasteiger partial charge in [0, 0.05) is 19.2 Å². The second-order valence-corrected chi connectivity index (χ2v) is 4.66. The second-order valence-electron chi connectivity index (χ2n) is 4.66. The summed E-state index contributed by atoms with van der Waals surface area (Å²) in [4.78, 5) is 0. The predicted molar refractivity (Wildman–Crippen MR) is 67.6 cm³/mol. The molecule has 0 saturated carbocycles. The van der Waals surface area contributed by atoms with Crippen molar-refractivity contribution in [2.75, 3.05) is 0 Å². The SMILES string of the molecule is CCn1cc(CC(C)(O)c2ccc(F)cc2)cn1. The lowest BCUT2D eigenvalue weighted by Gasteiger charge is -2.23. The lowest BCUT2D eigenvalue weighted by Crippen LogP contribution is -2.24. The highest BCUT2D eigenvalue weighted by molar-refractivity contribution is 5.25. The van der Waals surface area contributed by atoms with Crippen molar-refractivity contribution in [1.82, 2.24) is 9.78 Å². The molecule has 0 amide bonds. The smallest absolute Gasteiger partial charge is 0.123 e. The van der Waals surface area contributed by atoms with E-state index in [1.54, 1.807) is 25.3 Å². The minimum absolute atomic E-state index is 0.298. The zero-order valence-corrected chi connectivity index (χ0v) is 10.6. The minimum Gasteiger partial charge on any atom is -0.385 e. The van der Waals surface area contributed by atoms with E-state index in [-0.39, 0.29) is 5.82 Å². The number of hydrogen-bond donors (Lipinski definition) is 1. The molecular weight excluding hydrogens is 231 g/mol. The molecule has 0 aliphatic heterocycles. The first-order valence-electron chi connectivity index (χ1n) is 6.01. The number of halogens is 1. The van der Waals surface area contributed by atoms with Gasteiger partial charge >= 0.3 is 0 Å². The van der Waals surface area contributed by atoms with Gasteiger partial charge in [0.1, 0.15) is 5.82 Å². The van der Waals surface area contributed by atoms with Gasteiger partial charge in [0.2, 0.25) is 0 Å². The Morgan fingerprint density at radius 2 is 2.00 bits per heavy atom. The fraction of sp³-hybridized carbons (Fsp3) is 0.357. The summed E-state index contributed by atoms with van der Waals surface area (Å²) in [5.41, 5.74) is 0.647. The Balaban J connectivity index is 2.18. The van der Waals surface area contributed by atoms with Crippen LogP contribution in [0.15, 0.2) is 36.7 Å². The first kappa shape index (κ1) is 12.8. The molecule has 1 atom stereocenters. The summed E-state index contributed by atoms with van der Waals surface area (Å²) in [6, 6.07) is 5.94. The highest BCUT2D eigenvalue weighted by atomic mass is 19.1. The maximum atomic E-state index is 12.9. The van der Waals surface area contributed by atoms with Crippen molar-refractivity contribution in [1.29, 1.82) is 0 Å². The number of aryl methyl sites for hydroxylation is 1. The summed E-state index contributed by atoms with van der Waals surface area (Å²) in [6.45, 7) is 4.54. The van der Waals surface area contributed by atoms with E-state index in [0.29, 0.717) is 12.0 Å². The van der Waals surface area contributed by atoms with Crippen molar-refractivity contribution >= 4 is 0 Å². The van der Waals surface area contributed by atoms with Crippen LogP contribution in [0.5, 0.6) is 0 Å². The van der Waals surface area contributed by atoms with E-state index in [9.17, 15) is 9.50 Å². The normalized spacial score (nSPS) is 14.4. The number of rotatable bonds is 4. The zero-order valence-electron chi connectivity index (χ0n) is 10.6. The molecule has 4 heteroatoms. The molecule has 2 rings (SSSR count). The van der Waals surface area contributed by atoms with E-state index in [1.807, 2.05) is 17.8 Å². The van der Waals surface area contributed by atoms with Gasteiger partial charge in [-0.25, -0.2) is 4.39 Å². The largest absolute Gasteiger partial charge is 0.385 e. The highest BCUT2D eigenvalue weighted by Crippen LogP contribution is 2.25. The molecule has 3 nitrogen and oxygen atoms in total. The van der Waals surface area contributed by atoms with Crippen LogP contribution in [0.4, 0.5) is 4.39 Å². The summed E-state index contributed by atoms with van der Waals surface area (Å²) in [5.74, 6) is -0.298. The lowest BCUT2D eigenvalue weighted by atomic mass is 9.90. The molecule has 0 spiro atoms. The lowest BCUT2D eigenvalue weighted by molar-refractivity contribution is 0.0575. The Morgan fingerprint density at radius 3 is 2.56 bits per heavy atom. The van der Waals surface area contributed by atoms with Crippen LogP contribution >= 0.6 is 0 Å². The van der Waals surface area contributed by atoms with Gasteiger partial charge in [-0.15, -0.1) is 0 Å². The number of nitrogens with zero attached hydrogens (tertiary/aromatic N) is 2. The molecular formula is C14H17FN2O. The molecule has 1 unspecified atom stereocenters. The Bertz CT molecular complexity index is 517. The molecule has 2 aromatic rings. The van der Waals surface area contributed by atoms with Crippen LogP contribution in [0.2, 0.25) is 0 Å². The molecule has 1 aromatic carbocycles. The number of aliphatic hydroxyl groups is 1. The quantitative estimate of drug-likeness (QED) is 0.902. The summed E-state index contributed by atoms with van der Waals surface area (Å²) < 4.78 is 14.7. The second kappa shape index (κ2) is 4.90. The van der Waals surface area contributed by atoms with Gasteiger partial charge < -0.3 is 5.11 Å². The van der Waals surface area contributed by atoms with E-state index in [4.69, 9.17) is 0 Å². The van der Waals surface area contributed by atoms with E-state index in [1.165, 1.54) is 12.1 Å². The van der Waals surface area contributed by atoms with Crippen LogP contribution < -0.4 is 0 Å². The summed E-state index contributed by atoms with van der Waals surface area (Å²) in [5, 5.41) is 14.6. The molecule has 0 fully saturated rings. The summed E-state index contributed by atoms with van der Waals surface area (Å²) in [7, 11) is 0. The van der Waals surface area contributed by atoms with Gasteiger partial charge in [-0.2, -0.15) is 5.10 Å². The first-order chi connectivity index (χ1) is 8.51. The molecule has 18 heavy (non-hydrogen) atoms. The van der Waals surface area contributed by atoms with Crippen molar-refractivity contribution in [3.8, 4) is 0 Å². The molecule has 0 aliphatic rings. The molecule has 96 valence electrons. The van der Waals surface area contributed by atoms with Crippen LogP contribution in [0.1, 0.15) is 25.0 Å². The standard InChI is InChI=1S/C14H17FN2O/c1-3-17-10-11(9-16-17)8-14(2,18)12-4-6-13(15)7-5-12/h4-7,9-10,18H,3,8H2,1-2H3. The van der Waals surface area contributed by atoms with Crippen LogP contribution in [-0.4, -0.2) is 14.9 Å². The van der Waals surface area contributed by atoms with Crippen LogP contribution in [-0.2, 0) is 18.6 Å². The Hall–Kier alpha value is -1.68. The molecule has 0 aliphatic carbocycles. The third-order valence-corrected chi connectivity index (χ3v) is 3.03. The van der Waals surface area contributed by atoms with E-state index in [2.05, 4.69) is 5.10 Å². The fourth-order valence-electron chi connectivity index (χ4n) is 1.98. The highest BCUT2D eigenvalue weighted by Gasteiger charge is 2.24. The maximum absolute atomic E-state index is 12.9. The van der Waals surface area contributed by atoms with Gasteiger partial charge in [-0.3, -0.25) is 4.68 Å². The fourth-order valence-corrected chi connectivity index (χ4v) is 1.98. The number of benzene rings is 1. The third kappa shape index (κ3) is 2.76. The number of hydrogen-bond acceptors (Lipinski definition) is 2. The molecule has 1 N–H and O–H groups in total. The van der Waals surface area contributed by atoms with Crippen LogP contribution in [0.25, 0.3) is 0 Å². The average molecular weight is 248 g/mol. The molecule has 0 bridgehead atoms. The Kier molecular flexibility index (Phi) is 3.48. The Morgan fingerprint density at radius 1 is 1.33 bits per heavy atom. The van der Waals surface area contributed by atoms with Crippen molar-refractivity contribution in [3.05, 3.63) is 53.6 Å². The minimum atomic E-state index is -1.02. The third-order valence-electron chi connectivity index (χ3n) is 3.03. The summed E-state index contributed by atoms with van der Waals surface area (Å²) >= 11 is 0. The van der Waals surface area contributed by atoms with E-state index in [0.717, 1.165) is 12.1 Å². The van der Waals surface area contributed by atoms with Gasteiger partial charge in [0.15, 0.2) is 0 Å². The predicted octanol–water partition coefficient (Wildman–Crippen LogP) is 2.49. The first-order valence-corrected chi connectivity index (χ1v) is 6.01. The zero-order chi connectivity index (χ0) is 13.2. The molecule has 0 saturated heterocycles. The summed E-state index contributed by atoms with van der Waals surface area (Å²) in [6.07, 6.45) is 4.12. The number of aromatic nitrogens is 2. The van der Waals surface area contributed by atoms with Gasteiger partial charge in [-0.05, 0) is 37.1 Å². The maximum Gasteiger partial charge on any atom is 0.123 e. The molecule has 1 aromatic heterocycles. The van der Waals surface area contributed by atoms with E-state index < -0.39 is 5.60 Å². The topological polar surface area (TPSA) is 38.0 Å². The van der Waals surface area contributed by atoms with Crippen molar-refractivity contribution in [3.63, 3.8) is 0 Å². The average Bonchev–Trinajstić information content (AvgIpc) is 2.76. The van der Waals surface area contributed by atoms with E-state index >= 15 is 0 Å². The van der Waals surface area contributed by atoms with Crippen LogP contribution in [0, 0.1) is 5.82 Å². The van der Waals surface area contributed by atoms with Gasteiger partial charge in [0.05, 0.1) is 11.8 Å². The van der Waals surface area contributed by atoms with Crippen molar-refractivity contribution in [2.45, 2.75) is 32.4 Å². The van der Waals surface area contributed by atoms with Crippen molar-refractivity contribution < 1.29 is 9.50 Å². The van der Waals surface area contributed by atoms with Gasteiger partial charge in [0.25, 0.3) is 0 Å². The van der Waals surface area contributed by atoms with Gasteiger partial charge in [-0.1, -0.05) is 12.1 Å². The molecule has 1 heterocycles. The monoisotopic (exact) mass is 248 g/mol. The van der Waals surface area contributed by atoms with Crippen molar-refractivity contribution in [2.24, 2.45) is 0 Å². The molecule has 0 radical (unpaired) electrons.